The Kier molecular flexibility index (Phi) is 4.06. The van der Waals surface area contributed by atoms with Gasteiger partial charge >= 0.3 is 0 Å². The van der Waals surface area contributed by atoms with Crippen LogP contribution in [0.2, 0.25) is 0 Å². The van der Waals surface area contributed by atoms with Gasteiger partial charge in [0.05, 0.1) is 6.04 Å². The first-order chi connectivity index (χ1) is 8.22. The van der Waals surface area contributed by atoms with Crippen LogP contribution in [0, 0.1) is 5.53 Å². The molecule has 0 bridgehead atoms. The third kappa shape index (κ3) is 2.81. The molecule has 3 N–H and O–H groups in total. The van der Waals surface area contributed by atoms with Gasteiger partial charge in [-0.2, -0.15) is 5.53 Å². The molecule has 6 nitrogen and oxygen atoms in total. The summed E-state index contributed by atoms with van der Waals surface area (Å²) in [6.45, 7) is 3.43. The van der Waals surface area contributed by atoms with Crippen molar-refractivity contribution < 1.29 is 0 Å². The van der Waals surface area contributed by atoms with E-state index in [0.29, 0.717) is 11.9 Å². The van der Waals surface area contributed by atoms with Crippen molar-refractivity contribution in [2.24, 2.45) is 16.1 Å². The second-order valence-corrected chi connectivity index (χ2v) is 5.06. The molecule has 0 amide bonds. The van der Waals surface area contributed by atoms with E-state index in [1.807, 2.05) is 0 Å². The molecule has 1 atom stereocenters. The fourth-order valence-electron chi connectivity index (χ4n) is 2.99. The first-order valence-corrected chi connectivity index (χ1v) is 6.36. The predicted molar refractivity (Wildman–Crippen MR) is 67.0 cm³/mol. The molecule has 17 heavy (non-hydrogen) atoms. The first-order valence-electron chi connectivity index (χ1n) is 6.36. The number of likely N-dealkylation sites (tertiary alicyclic amines) is 2. The van der Waals surface area contributed by atoms with E-state index >= 15 is 0 Å². The molecule has 2 fully saturated rings. The highest BCUT2D eigenvalue weighted by Gasteiger charge is 2.34. The van der Waals surface area contributed by atoms with Crippen LogP contribution in [0.15, 0.2) is 10.3 Å². The van der Waals surface area contributed by atoms with Crippen molar-refractivity contribution >= 4 is 5.84 Å². The van der Waals surface area contributed by atoms with Crippen LogP contribution < -0.4 is 5.73 Å². The minimum atomic E-state index is 0.206. The SMILES string of the molecule is CN1CCC(N2CCCC2C(N)=NN=N)CC1. The molecule has 2 aliphatic rings. The van der Waals surface area contributed by atoms with Gasteiger partial charge in [-0.3, -0.25) is 4.90 Å². The summed E-state index contributed by atoms with van der Waals surface area (Å²) in [5.74, 6) is 0.511. The zero-order chi connectivity index (χ0) is 12.3. The molecule has 0 aliphatic carbocycles. The molecule has 0 saturated carbocycles. The van der Waals surface area contributed by atoms with Crippen LogP contribution in [0.5, 0.6) is 0 Å². The highest BCUT2D eigenvalue weighted by atomic mass is 15.3. The summed E-state index contributed by atoms with van der Waals surface area (Å²) in [6, 6.07) is 0.829. The van der Waals surface area contributed by atoms with Gasteiger partial charge in [-0.25, -0.2) is 0 Å². The summed E-state index contributed by atoms with van der Waals surface area (Å²) < 4.78 is 0. The molecule has 0 spiro atoms. The first kappa shape index (κ1) is 12.4. The van der Waals surface area contributed by atoms with Gasteiger partial charge in [-0.15, -0.1) is 5.10 Å². The average Bonchev–Trinajstić information content (AvgIpc) is 2.79. The standard InChI is InChI=1S/C11H22N6/c1-16-7-4-9(5-8-16)17-6-2-3-10(17)11(12)14-15-13/h9-10H,2-8H2,1H3,(H3,12,13,14). The summed E-state index contributed by atoms with van der Waals surface area (Å²) in [7, 11) is 2.17. The highest BCUT2D eigenvalue weighted by molar-refractivity contribution is 5.85. The topological polar surface area (TPSA) is 81.1 Å². The number of nitrogens with one attached hydrogen (secondary N) is 1. The van der Waals surface area contributed by atoms with Crippen molar-refractivity contribution in [3.8, 4) is 0 Å². The van der Waals surface area contributed by atoms with Gasteiger partial charge < -0.3 is 10.6 Å². The Morgan fingerprint density at radius 3 is 2.59 bits per heavy atom. The van der Waals surface area contributed by atoms with Crippen molar-refractivity contribution in [1.82, 2.24) is 9.80 Å². The lowest BCUT2D eigenvalue weighted by Crippen LogP contribution is -2.49. The Morgan fingerprint density at radius 2 is 1.94 bits per heavy atom. The lowest BCUT2D eigenvalue weighted by Gasteiger charge is -2.37. The van der Waals surface area contributed by atoms with Gasteiger partial charge in [-0.05, 0) is 52.4 Å². The second-order valence-electron chi connectivity index (χ2n) is 5.06. The Bertz CT molecular complexity index is 294. The summed E-state index contributed by atoms with van der Waals surface area (Å²) in [4.78, 5) is 4.84. The highest BCUT2D eigenvalue weighted by Crippen LogP contribution is 2.25. The van der Waals surface area contributed by atoms with E-state index in [-0.39, 0.29) is 6.04 Å². The lowest BCUT2D eigenvalue weighted by molar-refractivity contribution is 0.129. The van der Waals surface area contributed by atoms with E-state index < -0.39 is 0 Å². The van der Waals surface area contributed by atoms with Crippen LogP contribution in [0.1, 0.15) is 25.7 Å². The molecule has 2 rings (SSSR count). The summed E-state index contributed by atoms with van der Waals surface area (Å²) in [5.41, 5.74) is 12.7. The van der Waals surface area contributed by atoms with Crippen LogP contribution in [0.4, 0.5) is 0 Å². The van der Waals surface area contributed by atoms with E-state index in [9.17, 15) is 0 Å². The van der Waals surface area contributed by atoms with Crippen molar-refractivity contribution in [2.75, 3.05) is 26.7 Å². The number of piperidine rings is 1. The Labute approximate surface area is 102 Å². The van der Waals surface area contributed by atoms with E-state index in [2.05, 4.69) is 27.2 Å². The predicted octanol–water partition coefficient (Wildman–Crippen LogP) is 0.848. The average molecular weight is 238 g/mol. The second kappa shape index (κ2) is 5.55. The van der Waals surface area contributed by atoms with Crippen LogP contribution in [-0.2, 0) is 0 Å². The van der Waals surface area contributed by atoms with Crippen LogP contribution in [0.3, 0.4) is 0 Å². The van der Waals surface area contributed by atoms with Gasteiger partial charge in [0.1, 0.15) is 5.84 Å². The number of amidine groups is 1. The van der Waals surface area contributed by atoms with E-state index in [1.165, 1.54) is 19.3 Å². The number of nitrogens with zero attached hydrogens (tertiary/aromatic N) is 4. The van der Waals surface area contributed by atoms with Gasteiger partial charge in [0.15, 0.2) is 0 Å². The molecule has 0 aromatic heterocycles. The van der Waals surface area contributed by atoms with Gasteiger partial charge in [-0.1, -0.05) is 5.22 Å². The zero-order valence-corrected chi connectivity index (χ0v) is 10.5. The Balaban J connectivity index is 1.99. The number of hydrogen-bond acceptors (Lipinski definition) is 4. The molecule has 96 valence electrons. The number of rotatable bonds is 3. The molecule has 0 aromatic carbocycles. The molecule has 0 radical (unpaired) electrons. The summed E-state index contributed by atoms with van der Waals surface area (Å²) in [5, 5.41) is 6.75. The van der Waals surface area contributed by atoms with E-state index in [1.54, 1.807) is 0 Å². The van der Waals surface area contributed by atoms with Crippen LogP contribution in [0.25, 0.3) is 0 Å². The number of hydrogen-bond donors (Lipinski definition) is 2. The monoisotopic (exact) mass is 238 g/mol. The minimum absolute atomic E-state index is 0.206. The Hall–Kier alpha value is -1.01. The molecule has 2 aliphatic heterocycles. The maximum absolute atomic E-state index is 6.77. The third-order valence-corrected chi connectivity index (χ3v) is 3.96. The maximum atomic E-state index is 6.77. The Morgan fingerprint density at radius 1 is 1.24 bits per heavy atom. The fraction of sp³-hybridized carbons (Fsp3) is 0.909. The number of nitrogens with two attached hydrogens (primary N) is 1. The van der Waals surface area contributed by atoms with Crippen molar-refractivity contribution in [2.45, 2.75) is 37.8 Å². The zero-order valence-electron chi connectivity index (χ0n) is 10.5. The van der Waals surface area contributed by atoms with Crippen molar-refractivity contribution in [1.29, 1.82) is 5.53 Å². The molecular formula is C11H22N6. The van der Waals surface area contributed by atoms with Gasteiger partial charge in [0.2, 0.25) is 0 Å². The quantitative estimate of drug-likeness (QED) is 0.331. The summed E-state index contributed by atoms with van der Waals surface area (Å²) >= 11 is 0. The van der Waals surface area contributed by atoms with Crippen LogP contribution in [-0.4, -0.2) is 54.4 Å². The molecule has 2 saturated heterocycles. The normalized spacial score (nSPS) is 29.7. The smallest absolute Gasteiger partial charge is 0.141 e. The largest absolute Gasteiger partial charge is 0.384 e. The summed E-state index contributed by atoms with van der Waals surface area (Å²) in [6.07, 6.45) is 4.64. The van der Waals surface area contributed by atoms with Crippen molar-refractivity contribution in [3.05, 3.63) is 0 Å². The molecule has 0 aromatic rings. The fourth-order valence-corrected chi connectivity index (χ4v) is 2.99. The van der Waals surface area contributed by atoms with Gasteiger partial charge in [0.25, 0.3) is 0 Å². The van der Waals surface area contributed by atoms with Crippen LogP contribution >= 0.6 is 0 Å². The van der Waals surface area contributed by atoms with E-state index in [0.717, 1.165) is 26.1 Å². The molecule has 2 heterocycles. The molecular weight excluding hydrogens is 216 g/mol. The lowest BCUT2D eigenvalue weighted by atomic mass is 10.0. The van der Waals surface area contributed by atoms with Crippen molar-refractivity contribution in [3.63, 3.8) is 0 Å². The minimum Gasteiger partial charge on any atom is -0.384 e. The maximum Gasteiger partial charge on any atom is 0.141 e. The molecule has 1 unspecified atom stereocenters. The molecule has 6 heteroatoms. The third-order valence-electron chi connectivity index (χ3n) is 3.96. The van der Waals surface area contributed by atoms with Gasteiger partial charge in [0, 0.05) is 6.04 Å². The van der Waals surface area contributed by atoms with E-state index in [4.69, 9.17) is 11.3 Å².